The summed E-state index contributed by atoms with van der Waals surface area (Å²) >= 11 is 0. The van der Waals surface area contributed by atoms with Crippen molar-refractivity contribution in [1.29, 1.82) is 0 Å². The third kappa shape index (κ3) is 4.01. The fourth-order valence-electron chi connectivity index (χ4n) is 1.75. The van der Waals surface area contributed by atoms with Crippen LogP contribution in [0.25, 0.3) is 11.3 Å². The summed E-state index contributed by atoms with van der Waals surface area (Å²) in [6.45, 7) is -0.0711. The molecule has 1 N–H and O–H groups in total. The van der Waals surface area contributed by atoms with Gasteiger partial charge in [0.1, 0.15) is 11.9 Å². The summed E-state index contributed by atoms with van der Waals surface area (Å²) in [4.78, 5) is 0. The van der Waals surface area contributed by atoms with Gasteiger partial charge in [0.05, 0.1) is 5.69 Å². The van der Waals surface area contributed by atoms with Crippen LogP contribution in [-0.4, -0.2) is 33.6 Å². The van der Waals surface area contributed by atoms with E-state index in [2.05, 4.69) is 10.2 Å². The smallest absolute Gasteiger partial charge is 0.285 e. The summed E-state index contributed by atoms with van der Waals surface area (Å²) in [5, 5.41) is 7.28. The highest BCUT2D eigenvalue weighted by molar-refractivity contribution is 7.85. The molecule has 0 unspecified atom stereocenters. The summed E-state index contributed by atoms with van der Waals surface area (Å²) in [6, 6.07) is 2.38. The molecule has 0 radical (unpaired) electrons. The molecular weight excluding hydrogens is 325 g/mol. The number of halogens is 3. The molecule has 0 aliphatic heterocycles. The predicted molar refractivity (Wildman–Crippen MR) is 68.1 cm³/mol. The molecule has 0 saturated heterocycles. The van der Waals surface area contributed by atoms with Crippen molar-refractivity contribution in [3.05, 3.63) is 30.2 Å². The topological polar surface area (TPSA) is 89.0 Å². The number of hydrogen-bond acceptors (Lipinski definition) is 4. The van der Waals surface area contributed by atoms with E-state index in [0.29, 0.717) is 5.56 Å². The lowest BCUT2D eigenvalue weighted by molar-refractivity contribution is -0.750. The van der Waals surface area contributed by atoms with Crippen LogP contribution in [0.2, 0.25) is 0 Å². The number of aryl methyl sites for hydroxylation is 2. The average molecular weight is 337 g/mol. The zero-order valence-electron chi connectivity index (χ0n) is 11.3. The molecular formula is C11H12F3N4O3S+. The zero-order valence-corrected chi connectivity index (χ0v) is 12.1. The standard InChI is InChI=1S/C11H11F3N4O3S/c1-17-9(6-10(16-17)11(12,13)14)8-2-3-18(15-7-8)4-5-22(19,20)21/h2-3,6-7H,4-5H2,1H3/p+1. The largest absolute Gasteiger partial charge is 0.435 e. The van der Waals surface area contributed by atoms with E-state index in [1.54, 1.807) is 0 Å². The molecule has 7 nitrogen and oxygen atoms in total. The highest BCUT2D eigenvalue weighted by Crippen LogP contribution is 2.30. The van der Waals surface area contributed by atoms with Gasteiger partial charge in [-0.25, -0.2) is 0 Å². The van der Waals surface area contributed by atoms with Crippen LogP contribution in [0.3, 0.4) is 0 Å². The van der Waals surface area contributed by atoms with Gasteiger partial charge in [-0.1, -0.05) is 4.68 Å². The van der Waals surface area contributed by atoms with Crippen LogP contribution in [0.5, 0.6) is 0 Å². The molecule has 0 saturated carbocycles. The minimum atomic E-state index is -4.53. The average Bonchev–Trinajstić information content (AvgIpc) is 2.78. The lowest BCUT2D eigenvalue weighted by Crippen LogP contribution is -2.40. The molecule has 2 aromatic heterocycles. The van der Waals surface area contributed by atoms with Crippen LogP contribution < -0.4 is 4.68 Å². The number of hydrogen-bond donors (Lipinski definition) is 1. The Kier molecular flexibility index (Phi) is 4.20. The van der Waals surface area contributed by atoms with Crippen LogP contribution in [-0.2, 0) is 29.9 Å². The van der Waals surface area contributed by atoms with Gasteiger partial charge in [-0.05, 0) is 11.2 Å². The van der Waals surface area contributed by atoms with Crippen molar-refractivity contribution in [2.24, 2.45) is 7.05 Å². The van der Waals surface area contributed by atoms with E-state index < -0.39 is 27.7 Å². The first-order valence-electron chi connectivity index (χ1n) is 5.99. The highest BCUT2D eigenvalue weighted by Gasteiger charge is 2.34. The number of aromatic nitrogens is 4. The van der Waals surface area contributed by atoms with E-state index in [-0.39, 0.29) is 12.2 Å². The summed E-state index contributed by atoms with van der Waals surface area (Å²) < 4.78 is 70.0. The molecule has 2 rings (SSSR count). The minimum absolute atomic E-state index is 0.0711. The monoisotopic (exact) mass is 337 g/mol. The van der Waals surface area contributed by atoms with E-state index in [9.17, 15) is 21.6 Å². The van der Waals surface area contributed by atoms with Crippen molar-refractivity contribution in [3.8, 4) is 11.3 Å². The minimum Gasteiger partial charge on any atom is -0.285 e. The first kappa shape index (κ1) is 16.4. The summed E-state index contributed by atoms with van der Waals surface area (Å²) in [7, 11) is -2.73. The molecule has 0 amide bonds. The summed E-state index contributed by atoms with van der Waals surface area (Å²) in [6.07, 6.45) is -1.84. The molecule has 22 heavy (non-hydrogen) atoms. The van der Waals surface area contributed by atoms with Crippen LogP contribution in [0.1, 0.15) is 5.69 Å². The van der Waals surface area contributed by atoms with Gasteiger partial charge in [-0.3, -0.25) is 9.23 Å². The number of alkyl halides is 3. The second kappa shape index (κ2) is 5.65. The van der Waals surface area contributed by atoms with Crippen molar-refractivity contribution in [1.82, 2.24) is 14.9 Å². The Morgan fingerprint density at radius 2 is 2.09 bits per heavy atom. The predicted octanol–water partition coefficient (Wildman–Crippen LogP) is 0.676. The maximum absolute atomic E-state index is 12.6. The molecule has 0 aliphatic rings. The SMILES string of the molecule is Cn1nc(C(F)(F)F)cc1-c1cc[n+](CCS(=O)(=O)O)nc1. The summed E-state index contributed by atoms with van der Waals surface area (Å²) in [5.41, 5.74) is -0.386. The summed E-state index contributed by atoms with van der Waals surface area (Å²) in [5.74, 6) is -0.506. The lowest BCUT2D eigenvalue weighted by atomic mass is 10.2. The van der Waals surface area contributed by atoms with Gasteiger partial charge in [0, 0.05) is 18.7 Å². The Labute approximate surface area is 123 Å². The Morgan fingerprint density at radius 3 is 2.55 bits per heavy atom. The maximum atomic E-state index is 12.6. The Morgan fingerprint density at radius 1 is 1.41 bits per heavy atom. The first-order chi connectivity index (χ1) is 10.1. The van der Waals surface area contributed by atoms with Crippen LogP contribution in [0.15, 0.2) is 24.5 Å². The molecule has 2 heterocycles. The van der Waals surface area contributed by atoms with Crippen molar-refractivity contribution in [2.75, 3.05) is 5.75 Å². The van der Waals surface area contributed by atoms with E-state index in [1.807, 2.05) is 0 Å². The molecule has 2 aromatic rings. The van der Waals surface area contributed by atoms with Gasteiger partial charge in [0.15, 0.2) is 18.4 Å². The van der Waals surface area contributed by atoms with E-state index >= 15 is 0 Å². The van der Waals surface area contributed by atoms with Crippen molar-refractivity contribution in [3.63, 3.8) is 0 Å². The van der Waals surface area contributed by atoms with E-state index in [4.69, 9.17) is 4.55 Å². The third-order valence-electron chi connectivity index (χ3n) is 2.82. The second-order valence-corrected chi connectivity index (χ2v) is 6.07. The third-order valence-corrected chi connectivity index (χ3v) is 3.51. The Hall–Kier alpha value is -2.01. The van der Waals surface area contributed by atoms with Crippen molar-refractivity contribution < 1.29 is 30.8 Å². The Balaban J connectivity index is 2.22. The maximum Gasteiger partial charge on any atom is 0.435 e. The molecule has 0 atom stereocenters. The quantitative estimate of drug-likeness (QED) is 0.654. The molecule has 11 heteroatoms. The molecule has 0 spiro atoms. The van der Waals surface area contributed by atoms with Crippen LogP contribution in [0.4, 0.5) is 13.2 Å². The van der Waals surface area contributed by atoms with Crippen LogP contribution in [0, 0.1) is 0 Å². The van der Waals surface area contributed by atoms with Gasteiger partial charge in [-0.15, -0.1) is 0 Å². The van der Waals surface area contributed by atoms with E-state index in [1.165, 1.54) is 30.2 Å². The van der Waals surface area contributed by atoms with Gasteiger partial charge < -0.3 is 0 Å². The lowest BCUT2D eigenvalue weighted by Gasteiger charge is -1.99. The van der Waals surface area contributed by atoms with Crippen molar-refractivity contribution in [2.45, 2.75) is 12.7 Å². The fourth-order valence-corrected chi connectivity index (χ4v) is 2.17. The molecule has 0 aliphatic carbocycles. The van der Waals surface area contributed by atoms with Gasteiger partial charge in [0.2, 0.25) is 0 Å². The number of rotatable bonds is 4. The molecule has 0 bridgehead atoms. The highest BCUT2D eigenvalue weighted by atomic mass is 32.2. The normalized spacial score (nSPS) is 12.6. The Bertz CT molecular complexity index is 769. The number of nitrogens with zero attached hydrogens (tertiary/aromatic N) is 4. The van der Waals surface area contributed by atoms with Crippen LogP contribution >= 0.6 is 0 Å². The van der Waals surface area contributed by atoms with E-state index in [0.717, 1.165) is 10.7 Å². The van der Waals surface area contributed by atoms with Gasteiger partial charge in [-0.2, -0.15) is 26.7 Å². The first-order valence-corrected chi connectivity index (χ1v) is 7.60. The molecule has 0 aromatic carbocycles. The van der Waals surface area contributed by atoms with Gasteiger partial charge >= 0.3 is 6.18 Å². The molecule has 0 fully saturated rings. The fraction of sp³-hybridized carbons (Fsp3) is 0.364. The zero-order chi connectivity index (χ0) is 16.5. The van der Waals surface area contributed by atoms with Gasteiger partial charge in [0.25, 0.3) is 10.1 Å². The molecule has 120 valence electrons. The van der Waals surface area contributed by atoms with Crippen molar-refractivity contribution >= 4 is 10.1 Å². The second-order valence-electron chi connectivity index (χ2n) is 4.50.